The third-order valence-corrected chi connectivity index (χ3v) is 11.0. The van der Waals surface area contributed by atoms with E-state index in [-0.39, 0.29) is 5.91 Å². The van der Waals surface area contributed by atoms with Crippen molar-refractivity contribution >= 4 is 39.7 Å². The van der Waals surface area contributed by atoms with Crippen molar-refractivity contribution in [3.63, 3.8) is 0 Å². The number of aldehydes is 1. The third kappa shape index (κ3) is 5.95. The second kappa shape index (κ2) is 14.0. The second-order valence-electron chi connectivity index (χ2n) is 14.9. The first-order valence-corrected chi connectivity index (χ1v) is 18.8. The molecule has 8 rings (SSSR count). The Morgan fingerprint density at radius 2 is 1.02 bits per heavy atom. The number of hydrogen-bond donors (Lipinski definition) is 0. The van der Waals surface area contributed by atoms with Crippen molar-refractivity contribution in [1.82, 2.24) is 4.57 Å². The molecular formula is C51H44N2O2. The van der Waals surface area contributed by atoms with Crippen LogP contribution < -0.4 is 4.90 Å². The Labute approximate surface area is 323 Å². The van der Waals surface area contributed by atoms with Gasteiger partial charge in [-0.15, -0.1) is 0 Å². The van der Waals surface area contributed by atoms with Crippen molar-refractivity contribution in [1.29, 1.82) is 0 Å². The molecule has 0 unspecified atom stereocenters. The SMILES string of the molecule is Cc1cc(C)c(-c2cccc3c4cccc(-c5c(C)cc(C)cc5C)c4n(-c4cccc(C=O)c4C(=O)N(C)c4ccccc4-c4ccccc4)c23)c(C)c1. The van der Waals surface area contributed by atoms with Crippen LogP contribution in [0.4, 0.5) is 5.69 Å². The minimum absolute atomic E-state index is 0.267. The molecule has 0 saturated heterocycles. The number of fused-ring (bicyclic) bond motifs is 3. The number of carbonyl (C=O) groups is 2. The molecule has 0 aliphatic rings. The van der Waals surface area contributed by atoms with E-state index in [4.69, 9.17) is 0 Å². The molecule has 1 aromatic heterocycles. The monoisotopic (exact) mass is 716 g/mol. The Morgan fingerprint density at radius 1 is 0.545 bits per heavy atom. The number of aryl methyl sites for hydroxylation is 6. The van der Waals surface area contributed by atoms with Crippen LogP contribution in [0.5, 0.6) is 0 Å². The van der Waals surface area contributed by atoms with Crippen molar-refractivity contribution < 1.29 is 9.59 Å². The summed E-state index contributed by atoms with van der Waals surface area (Å²) < 4.78 is 2.27. The van der Waals surface area contributed by atoms with Gasteiger partial charge in [-0.3, -0.25) is 9.59 Å². The maximum absolute atomic E-state index is 15.3. The highest BCUT2D eigenvalue weighted by molar-refractivity contribution is 6.20. The van der Waals surface area contributed by atoms with Gasteiger partial charge in [0.25, 0.3) is 5.91 Å². The molecule has 7 aromatic carbocycles. The fraction of sp³-hybridized carbons (Fsp3) is 0.137. The van der Waals surface area contributed by atoms with E-state index in [1.54, 1.807) is 18.0 Å². The van der Waals surface area contributed by atoms with Crippen LogP contribution in [-0.2, 0) is 0 Å². The summed E-state index contributed by atoms with van der Waals surface area (Å²) in [4.78, 5) is 30.0. The van der Waals surface area contributed by atoms with Crippen LogP contribution in [0.25, 0.3) is 60.9 Å². The molecule has 0 aliphatic carbocycles. The zero-order valence-corrected chi connectivity index (χ0v) is 32.5. The number of carbonyl (C=O) groups excluding carboxylic acids is 2. The molecule has 0 atom stereocenters. The van der Waals surface area contributed by atoms with Gasteiger partial charge in [0, 0.05) is 40.1 Å². The second-order valence-corrected chi connectivity index (χ2v) is 14.9. The molecule has 0 saturated carbocycles. The topological polar surface area (TPSA) is 42.3 Å². The van der Waals surface area contributed by atoms with Gasteiger partial charge in [-0.1, -0.05) is 132 Å². The van der Waals surface area contributed by atoms with E-state index in [1.165, 1.54) is 33.4 Å². The largest absolute Gasteiger partial charge is 0.311 e. The number of benzene rings is 7. The maximum Gasteiger partial charge on any atom is 0.260 e. The zero-order chi connectivity index (χ0) is 38.5. The van der Waals surface area contributed by atoms with Crippen molar-refractivity contribution in [3.05, 3.63) is 178 Å². The van der Waals surface area contributed by atoms with E-state index in [2.05, 4.69) is 107 Å². The molecule has 0 bridgehead atoms. The smallest absolute Gasteiger partial charge is 0.260 e. The number of nitrogens with zero attached hydrogens (tertiary/aromatic N) is 2. The Balaban J connectivity index is 1.50. The van der Waals surface area contributed by atoms with Crippen molar-refractivity contribution in [2.75, 3.05) is 11.9 Å². The van der Waals surface area contributed by atoms with Gasteiger partial charge < -0.3 is 9.47 Å². The number of hydrogen-bond acceptors (Lipinski definition) is 2. The van der Waals surface area contributed by atoms with E-state index < -0.39 is 0 Å². The van der Waals surface area contributed by atoms with Crippen LogP contribution in [-0.4, -0.2) is 23.8 Å². The Hall–Kier alpha value is -6.52. The van der Waals surface area contributed by atoms with Crippen LogP contribution in [0.15, 0.2) is 133 Å². The van der Waals surface area contributed by atoms with Gasteiger partial charge in [0.15, 0.2) is 6.29 Å². The highest BCUT2D eigenvalue weighted by atomic mass is 16.2. The van der Waals surface area contributed by atoms with E-state index in [9.17, 15) is 4.79 Å². The molecule has 55 heavy (non-hydrogen) atoms. The fourth-order valence-electron chi connectivity index (χ4n) is 8.95. The minimum atomic E-state index is -0.267. The number of amides is 1. The molecule has 0 radical (unpaired) electrons. The molecule has 270 valence electrons. The summed E-state index contributed by atoms with van der Waals surface area (Å²) >= 11 is 0. The summed E-state index contributed by atoms with van der Waals surface area (Å²) in [5.74, 6) is -0.267. The molecule has 4 heteroatoms. The average molecular weight is 717 g/mol. The van der Waals surface area contributed by atoms with Gasteiger partial charge in [0.05, 0.1) is 28.0 Å². The van der Waals surface area contributed by atoms with E-state index in [0.717, 1.165) is 67.2 Å². The Kier molecular flexibility index (Phi) is 9.06. The molecule has 1 heterocycles. The fourth-order valence-corrected chi connectivity index (χ4v) is 8.95. The molecule has 4 nitrogen and oxygen atoms in total. The van der Waals surface area contributed by atoms with Gasteiger partial charge in [0.1, 0.15) is 0 Å². The van der Waals surface area contributed by atoms with Crippen LogP contribution in [0.3, 0.4) is 0 Å². The number of aromatic nitrogens is 1. The molecule has 8 aromatic rings. The van der Waals surface area contributed by atoms with Gasteiger partial charge >= 0.3 is 0 Å². The van der Waals surface area contributed by atoms with E-state index >= 15 is 4.79 Å². The predicted molar refractivity (Wildman–Crippen MR) is 230 cm³/mol. The van der Waals surface area contributed by atoms with Gasteiger partial charge in [-0.2, -0.15) is 0 Å². The van der Waals surface area contributed by atoms with Crippen LogP contribution in [0.1, 0.15) is 54.1 Å². The summed E-state index contributed by atoms with van der Waals surface area (Å²) in [6.45, 7) is 13.0. The normalized spacial score (nSPS) is 11.3. The average Bonchev–Trinajstić information content (AvgIpc) is 3.52. The standard InChI is InChI=1S/C51H44N2O2/c1-31-26-33(3)46(34(4)27-31)42-22-14-20-40-41-21-15-23-43(47-35(5)28-32(2)29-36(47)6)50(41)53(49(40)42)45-25-13-18-38(30-54)48(45)51(55)52(7)44-24-12-11-19-39(44)37-16-9-8-10-17-37/h8-30H,1-7H3. The maximum atomic E-state index is 15.3. The molecule has 0 fully saturated rings. The third-order valence-electron chi connectivity index (χ3n) is 11.0. The lowest BCUT2D eigenvalue weighted by molar-refractivity contribution is 0.0986. The molecule has 1 amide bonds. The highest BCUT2D eigenvalue weighted by Gasteiger charge is 2.28. The minimum Gasteiger partial charge on any atom is -0.311 e. The van der Waals surface area contributed by atoms with Crippen LogP contribution in [0.2, 0.25) is 0 Å². The highest BCUT2D eigenvalue weighted by Crippen LogP contribution is 2.45. The van der Waals surface area contributed by atoms with Crippen LogP contribution >= 0.6 is 0 Å². The number of anilines is 1. The molecule has 0 N–H and O–H groups in total. The first-order valence-electron chi connectivity index (χ1n) is 18.8. The lowest BCUT2D eigenvalue weighted by Crippen LogP contribution is -2.29. The van der Waals surface area contributed by atoms with Gasteiger partial charge in [0.2, 0.25) is 0 Å². The van der Waals surface area contributed by atoms with E-state index in [0.29, 0.717) is 16.8 Å². The Morgan fingerprint density at radius 3 is 1.55 bits per heavy atom. The summed E-state index contributed by atoms with van der Waals surface area (Å²) in [7, 11) is 1.80. The molecule has 0 aliphatic heterocycles. The number of para-hydroxylation sites is 3. The summed E-state index contributed by atoms with van der Waals surface area (Å²) in [6.07, 6.45) is 0.811. The quantitative estimate of drug-likeness (QED) is 0.154. The van der Waals surface area contributed by atoms with Gasteiger partial charge in [-0.25, -0.2) is 0 Å². The summed E-state index contributed by atoms with van der Waals surface area (Å²) in [5.41, 5.74) is 17.6. The van der Waals surface area contributed by atoms with Crippen molar-refractivity contribution in [3.8, 4) is 39.1 Å². The Bertz CT molecular complexity index is 2660. The summed E-state index contributed by atoms with van der Waals surface area (Å²) in [6, 6.07) is 45.6. The number of rotatable bonds is 7. The zero-order valence-electron chi connectivity index (χ0n) is 32.5. The van der Waals surface area contributed by atoms with Crippen LogP contribution in [0, 0.1) is 41.5 Å². The van der Waals surface area contributed by atoms with Gasteiger partial charge in [-0.05, 0) is 92.6 Å². The first-order chi connectivity index (χ1) is 26.6. The van der Waals surface area contributed by atoms with Crippen molar-refractivity contribution in [2.45, 2.75) is 41.5 Å². The molecular weight excluding hydrogens is 673 g/mol. The first kappa shape index (κ1) is 35.5. The predicted octanol–water partition coefficient (Wildman–Crippen LogP) is 12.7. The van der Waals surface area contributed by atoms with Crippen molar-refractivity contribution in [2.24, 2.45) is 0 Å². The summed E-state index contributed by atoms with van der Waals surface area (Å²) in [5, 5.41) is 2.16. The molecule has 0 spiro atoms. The van der Waals surface area contributed by atoms with E-state index in [1.807, 2.05) is 66.7 Å². The lowest BCUT2D eigenvalue weighted by Gasteiger charge is -2.24. The lowest BCUT2D eigenvalue weighted by atomic mass is 9.91.